The van der Waals surface area contributed by atoms with Crippen LogP contribution in [0.4, 0.5) is 0 Å². The normalized spacial score (nSPS) is 55.2. The van der Waals surface area contributed by atoms with E-state index in [1.165, 1.54) is 0 Å². The maximum Gasteiger partial charge on any atom is 0.331 e. The summed E-state index contributed by atoms with van der Waals surface area (Å²) in [5.74, 6) is -0.980. The first-order valence-electron chi connectivity index (χ1n) is 16.3. The molecule has 4 saturated carbocycles. The minimum Gasteiger partial charge on any atom is -0.458 e. The highest BCUT2D eigenvalue weighted by Crippen LogP contribution is 2.70. The molecule has 0 spiro atoms. The Balaban J connectivity index is 1.07. The van der Waals surface area contributed by atoms with Crippen molar-refractivity contribution in [1.82, 2.24) is 0 Å². The van der Waals surface area contributed by atoms with Gasteiger partial charge in [0.15, 0.2) is 12.1 Å². The largest absolute Gasteiger partial charge is 0.458 e. The first kappa shape index (κ1) is 29.4. The van der Waals surface area contributed by atoms with Crippen LogP contribution in [0.2, 0.25) is 0 Å². The predicted octanol–water partition coefficient (Wildman–Crippen LogP) is 3.97. The van der Waals surface area contributed by atoms with E-state index in [9.17, 15) is 19.8 Å². The maximum absolute atomic E-state index is 13.1. The third-order valence-corrected chi connectivity index (χ3v) is 13.2. The molecule has 0 aromatic heterocycles. The lowest BCUT2D eigenvalue weighted by molar-refractivity contribution is -0.278. The topological polar surface area (TPSA) is 121 Å². The molecule has 7 aliphatic rings. The standard InChI is InChI=1S/C33H48O9/c1-5-30(4)41-25-15-27(39-19(2)28(25)42-30)40-21-6-11-31(18-34)23-7-10-29(3)22(20-14-26(35)38-17-20)9-13-33(29,37)24(23)8-12-32(31,36)16-21/h14,18-19,21-25,27-28,36-37H,5-13,15-17H2,1-4H3/t19-,21+,22-,23+,24-,25+,27+,28-,29-,30+,31+,32+,33+/m1/s1. The molecule has 2 saturated heterocycles. The Morgan fingerprint density at radius 2 is 1.83 bits per heavy atom. The molecule has 3 heterocycles. The highest BCUT2D eigenvalue weighted by atomic mass is 16.8. The second-order valence-electron chi connectivity index (χ2n) is 15.0. The summed E-state index contributed by atoms with van der Waals surface area (Å²) < 4.78 is 30.4. The first-order valence-corrected chi connectivity index (χ1v) is 16.3. The molecule has 2 N–H and O–H groups in total. The maximum atomic E-state index is 13.1. The predicted molar refractivity (Wildman–Crippen MR) is 150 cm³/mol. The molecule has 13 atom stereocenters. The van der Waals surface area contributed by atoms with Gasteiger partial charge in [-0.05, 0) is 95.0 Å². The molecule has 42 heavy (non-hydrogen) atoms. The van der Waals surface area contributed by atoms with Gasteiger partial charge in [0.05, 0.1) is 34.9 Å². The molecular weight excluding hydrogens is 540 g/mol. The van der Waals surface area contributed by atoms with E-state index in [1.54, 1.807) is 6.08 Å². The van der Waals surface area contributed by atoms with Gasteiger partial charge in [0.25, 0.3) is 0 Å². The van der Waals surface area contributed by atoms with E-state index in [2.05, 4.69) is 6.92 Å². The van der Waals surface area contributed by atoms with Gasteiger partial charge >= 0.3 is 5.97 Å². The van der Waals surface area contributed by atoms with Crippen LogP contribution in [-0.2, 0) is 33.3 Å². The molecule has 0 amide bonds. The summed E-state index contributed by atoms with van der Waals surface area (Å²) in [6, 6.07) is 0. The van der Waals surface area contributed by atoms with Crippen molar-refractivity contribution in [3.63, 3.8) is 0 Å². The Bertz CT molecular complexity index is 1160. The van der Waals surface area contributed by atoms with Gasteiger partial charge in [0.2, 0.25) is 0 Å². The average Bonchev–Trinajstić information content (AvgIpc) is 3.61. The molecule has 234 valence electrons. The molecule has 4 aliphatic carbocycles. The first-order chi connectivity index (χ1) is 19.9. The summed E-state index contributed by atoms with van der Waals surface area (Å²) in [4.78, 5) is 25.0. The number of hydrogen-bond acceptors (Lipinski definition) is 9. The third kappa shape index (κ3) is 4.02. The molecule has 0 aromatic carbocycles. The van der Waals surface area contributed by atoms with Crippen LogP contribution in [0, 0.1) is 28.6 Å². The number of aliphatic hydroxyl groups is 2. The Morgan fingerprint density at radius 1 is 1.05 bits per heavy atom. The zero-order valence-corrected chi connectivity index (χ0v) is 25.5. The minimum atomic E-state index is -1.19. The monoisotopic (exact) mass is 588 g/mol. The SMILES string of the molecule is CC[C@]1(C)O[C@H]2[C@H](C[C@H](O[C@H]3CC[C@]4(C=O)[C@H]5CC[C@]6(C)[C@@H](C7=CC(=O)OC7)CC[C@]6(O)[C@@H]5CC[C@]4(O)C3)O[C@@H]2C)O1. The number of esters is 1. The Hall–Kier alpha value is -1.36. The van der Waals surface area contributed by atoms with Crippen molar-refractivity contribution in [3.05, 3.63) is 11.6 Å². The molecule has 9 heteroatoms. The van der Waals surface area contributed by atoms with Crippen LogP contribution < -0.4 is 0 Å². The summed E-state index contributed by atoms with van der Waals surface area (Å²) in [6.07, 6.45) is 8.56. The van der Waals surface area contributed by atoms with Crippen molar-refractivity contribution < 1.29 is 43.5 Å². The lowest BCUT2D eigenvalue weighted by Gasteiger charge is -2.65. The van der Waals surface area contributed by atoms with E-state index in [0.717, 1.165) is 37.5 Å². The van der Waals surface area contributed by atoms with E-state index in [4.69, 9.17) is 23.7 Å². The van der Waals surface area contributed by atoms with Crippen LogP contribution in [0.5, 0.6) is 0 Å². The van der Waals surface area contributed by atoms with Crippen molar-refractivity contribution in [2.45, 2.75) is 146 Å². The van der Waals surface area contributed by atoms with Gasteiger partial charge in [0.1, 0.15) is 19.0 Å². The number of hydrogen-bond donors (Lipinski definition) is 2. The van der Waals surface area contributed by atoms with Crippen molar-refractivity contribution in [2.24, 2.45) is 28.6 Å². The zero-order chi connectivity index (χ0) is 29.7. The number of ether oxygens (including phenoxy) is 5. The summed E-state index contributed by atoms with van der Waals surface area (Å²) in [6.45, 7) is 8.49. The van der Waals surface area contributed by atoms with Gasteiger partial charge in [-0.25, -0.2) is 4.79 Å². The molecule has 7 rings (SSSR count). The summed E-state index contributed by atoms with van der Waals surface area (Å²) in [5.41, 5.74) is -2.44. The van der Waals surface area contributed by atoms with Crippen LogP contribution in [0.25, 0.3) is 0 Å². The molecule has 0 bridgehead atoms. The molecule has 0 unspecified atom stereocenters. The fourth-order valence-corrected chi connectivity index (χ4v) is 10.8. The van der Waals surface area contributed by atoms with Crippen LogP contribution in [0.1, 0.15) is 98.3 Å². The molecule has 0 aromatic rings. The van der Waals surface area contributed by atoms with E-state index < -0.39 is 28.7 Å². The van der Waals surface area contributed by atoms with E-state index >= 15 is 0 Å². The van der Waals surface area contributed by atoms with Gasteiger partial charge < -0.3 is 38.7 Å². The summed E-state index contributed by atoms with van der Waals surface area (Å²) >= 11 is 0. The third-order valence-electron chi connectivity index (χ3n) is 13.2. The second kappa shape index (κ2) is 9.82. The lowest BCUT2D eigenvalue weighted by Crippen LogP contribution is -2.69. The smallest absolute Gasteiger partial charge is 0.331 e. The van der Waals surface area contributed by atoms with Gasteiger partial charge in [-0.2, -0.15) is 0 Å². The number of cyclic esters (lactones) is 1. The minimum absolute atomic E-state index is 0.0744. The van der Waals surface area contributed by atoms with Gasteiger partial charge in [-0.1, -0.05) is 13.8 Å². The van der Waals surface area contributed by atoms with Crippen LogP contribution in [-0.4, -0.2) is 76.8 Å². The van der Waals surface area contributed by atoms with Gasteiger partial charge in [0, 0.05) is 24.3 Å². The van der Waals surface area contributed by atoms with Crippen molar-refractivity contribution in [2.75, 3.05) is 6.61 Å². The Kier molecular flexibility index (Phi) is 6.86. The summed E-state index contributed by atoms with van der Waals surface area (Å²) in [7, 11) is 0. The number of aldehydes is 1. The van der Waals surface area contributed by atoms with E-state index in [0.29, 0.717) is 51.6 Å². The zero-order valence-electron chi connectivity index (χ0n) is 25.5. The number of fused-ring (bicyclic) bond motifs is 6. The van der Waals surface area contributed by atoms with Crippen molar-refractivity contribution >= 4 is 12.3 Å². The van der Waals surface area contributed by atoms with Crippen LogP contribution in [0.15, 0.2) is 11.6 Å². The second-order valence-corrected chi connectivity index (χ2v) is 15.0. The van der Waals surface area contributed by atoms with Crippen molar-refractivity contribution in [3.8, 4) is 0 Å². The highest BCUT2D eigenvalue weighted by Gasteiger charge is 2.71. The number of carbonyl (C=O) groups is 2. The summed E-state index contributed by atoms with van der Waals surface area (Å²) in [5, 5.41) is 24.7. The molecule has 3 aliphatic heterocycles. The molecule has 9 nitrogen and oxygen atoms in total. The van der Waals surface area contributed by atoms with E-state index in [1.807, 2.05) is 20.8 Å². The van der Waals surface area contributed by atoms with Crippen LogP contribution in [0.3, 0.4) is 0 Å². The molecule has 6 fully saturated rings. The van der Waals surface area contributed by atoms with Crippen molar-refractivity contribution in [1.29, 1.82) is 0 Å². The number of rotatable bonds is 5. The average molecular weight is 589 g/mol. The van der Waals surface area contributed by atoms with Gasteiger partial charge in [-0.3, -0.25) is 0 Å². The number of carbonyl (C=O) groups excluding carboxylic acids is 2. The van der Waals surface area contributed by atoms with Gasteiger partial charge in [-0.15, -0.1) is 0 Å². The Morgan fingerprint density at radius 3 is 2.55 bits per heavy atom. The lowest BCUT2D eigenvalue weighted by atomic mass is 9.41. The van der Waals surface area contributed by atoms with E-state index in [-0.39, 0.29) is 53.6 Å². The molecule has 0 radical (unpaired) electrons. The fourth-order valence-electron chi connectivity index (χ4n) is 10.8. The highest BCUT2D eigenvalue weighted by molar-refractivity contribution is 5.85. The fraction of sp³-hybridized carbons (Fsp3) is 0.879. The quantitative estimate of drug-likeness (QED) is 0.279. The Labute approximate surface area is 248 Å². The van der Waals surface area contributed by atoms with Crippen LogP contribution >= 0.6 is 0 Å². The molecular formula is C33H48O9.